The third-order valence-corrected chi connectivity index (χ3v) is 13.0. The van der Waals surface area contributed by atoms with E-state index in [-0.39, 0.29) is 28.5 Å². The first-order chi connectivity index (χ1) is 25.6. The van der Waals surface area contributed by atoms with Crippen molar-refractivity contribution >= 4 is 68.6 Å². The Bertz CT molecular complexity index is 2370. The monoisotopic (exact) mass is 705 g/mol. The maximum absolute atomic E-state index is 2.71. The van der Waals surface area contributed by atoms with Crippen LogP contribution in [0.1, 0.15) is 85.9 Å². The molecular formula is C50H52BN3. The van der Waals surface area contributed by atoms with Crippen molar-refractivity contribution in [2.24, 2.45) is 0 Å². The SMILES string of the molecule is CC(C)(C)c1ccc(N2c3ccc(C(C)(C)C)cc3B3c4cccc5c4N(c4cc(N(c6ccccc6)c6ccccc6)cc2c43)C(C)(C)C5(C)C)cc1. The molecule has 3 aliphatic rings. The fourth-order valence-corrected chi connectivity index (χ4v) is 9.32. The van der Waals surface area contributed by atoms with Crippen LogP contribution in [0.5, 0.6) is 0 Å². The molecular weight excluding hydrogens is 653 g/mol. The molecule has 0 N–H and O–H groups in total. The van der Waals surface area contributed by atoms with E-state index in [1.54, 1.807) is 0 Å². The molecule has 0 aromatic heterocycles. The van der Waals surface area contributed by atoms with Gasteiger partial charge in [-0.05, 0) is 112 Å². The molecule has 6 aromatic rings. The Balaban J connectivity index is 1.41. The van der Waals surface area contributed by atoms with Crippen LogP contribution in [0.25, 0.3) is 0 Å². The van der Waals surface area contributed by atoms with Gasteiger partial charge in [0, 0.05) is 50.8 Å². The predicted molar refractivity (Wildman–Crippen MR) is 234 cm³/mol. The van der Waals surface area contributed by atoms with Crippen LogP contribution in [0, 0.1) is 0 Å². The molecule has 6 aromatic carbocycles. The summed E-state index contributed by atoms with van der Waals surface area (Å²) in [4.78, 5) is 7.70. The molecule has 0 amide bonds. The summed E-state index contributed by atoms with van der Waals surface area (Å²) >= 11 is 0. The zero-order valence-electron chi connectivity index (χ0n) is 33.6. The number of fused-ring (bicyclic) bond motifs is 4. The second-order valence-corrected chi connectivity index (χ2v) is 18.8. The first kappa shape index (κ1) is 34.5. The van der Waals surface area contributed by atoms with Crippen molar-refractivity contribution < 1.29 is 0 Å². The van der Waals surface area contributed by atoms with Crippen LogP contribution < -0.4 is 31.1 Å². The Morgan fingerprint density at radius 1 is 0.519 bits per heavy atom. The summed E-state index contributed by atoms with van der Waals surface area (Å²) in [5.41, 5.74) is 17.8. The van der Waals surface area contributed by atoms with E-state index in [9.17, 15) is 0 Å². The van der Waals surface area contributed by atoms with E-state index < -0.39 is 0 Å². The molecule has 3 aliphatic heterocycles. The van der Waals surface area contributed by atoms with Crippen LogP contribution in [0.3, 0.4) is 0 Å². The van der Waals surface area contributed by atoms with Gasteiger partial charge in [0.05, 0.1) is 5.69 Å². The van der Waals surface area contributed by atoms with Gasteiger partial charge >= 0.3 is 0 Å². The molecule has 3 nitrogen and oxygen atoms in total. The molecule has 0 radical (unpaired) electrons. The molecule has 0 aliphatic carbocycles. The highest BCUT2D eigenvalue weighted by atomic mass is 15.3. The molecule has 0 spiro atoms. The summed E-state index contributed by atoms with van der Waals surface area (Å²) in [6.07, 6.45) is 0. The summed E-state index contributed by atoms with van der Waals surface area (Å²) in [7, 11) is 0. The minimum absolute atomic E-state index is 0.0103. The number of anilines is 8. The van der Waals surface area contributed by atoms with E-state index in [2.05, 4.69) is 217 Å². The third-order valence-electron chi connectivity index (χ3n) is 13.0. The summed E-state index contributed by atoms with van der Waals surface area (Å²) in [6, 6.07) is 50.4. The van der Waals surface area contributed by atoms with Gasteiger partial charge in [-0.3, -0.25) is 0 Å². The lowest BCUT2D eigenvalue weighted by Gasteiger charge is -2.49. The van der Waals surface area contributed by atoms with Crippen molar-refractivity contribution in [3.05, 3.63) is 150 Å². The highest BCUT2D eigenvalue weighted by Crippen LogP contribution is 2.57. The minimum atomic E-state index is -0.195. The Kier molecular flexibility index (Phi) is 7.45. The van der Waals surface area contributed by atoms with Gasteiger partial charge in [0.1, 0.15) is 0 Å². The van der Waals surface area contributed by atoms with Gasteiger partial charge in [0.2, 0.25) is 0 Å². The van der Waals surface area contributed by atoms with Crippen LogP contribution in [0.2, 0.25) is 0 Å². The van der Waals surface area contributed by atoms with E-state index >= 15 is 0 Å². The molecule has 0 saturated carbocycles. The lowest BCUT2D eigenvalue weighted by molar-refractivity contribution is 0.330. The molecule has 0 bridgehead atoms. The maximum atomic E-state index is 2.71. The normalized spacial score (nSPS) is 16.1. The number of hydrogen-bond donors (Lipinski definition) is 0. The Morgan fingerprint density at radius 2 is 1.09 bits per heavy atom. The predicted octanol–water partition coefficient (Wildman–Crippen LogP) is 11.6. The van der Waals surface area contributed by atoms with Crippen molar-refractivity contribution in [3.8, 4) is 0 Å². The van der Waals surface area contributed by atoms with Gasteiger partial charge in [-0.2, -0.15) is 0 Å². The zero-order chi connectivity index (χ0) is 37.9. The minimum Gasteiger partial charge on any atom is -0.335 e. The lowest BCUT2D eigenvalue weighted by atomic mass is 9.33. The first-order valence-corrected chi connectivity index (χ1v) is 19.7. The van der Waals surface area contributed by atoms with Gasteiger partial charge in [-0.1, -0.05) is 134 Å². The molecule has 0 unspecified atom stereocenters. The number of benzene rings is 6. The Hall–Kier alpha value is -5.22. The average molecular weight is 706 g/mol. The Labute approximate surface area is 323 Å². The number of rotatable bonds is 4. The van der Waals surface area contributed by atoms with Gasteiger partial charge in [-0.25, -0.2) is 0 Å². The lowest BCUT2D eigenvalue weighted by Crippen LogP contribution is -2.63. The van der Waals surface area contributed by atoms with E-state index in [0.29, 0.717) is 0 Å². The summed E-state index contributed by atoms with van der Waals surface area (Å²) in [5.74, 6) is 0. The third kappa shape index (κ3) is 4.95. The second-order valence-electron chi connectivity index (χ2n) is 18.8. The van der Waals surface area contributed by atoms with Gasteiger partial charge in [-0.15, -0.1) is 0 Å². The zero-order valence-corrected chi connectivity index (χ0v) is 33.6. The largest absolute Gasteiger partial charge is 0.335 e. The number of hydrogen-bond acceptors (Lipinski definition) is 3. The van der Waals surface area contributed by atoms with Crippen molar-refractivity contribution in [3.63, 3.8) is 0 Å². The molecule has 0 atom stereocenters. The topological polar surface area (TPSA) is 9.72 Å². The molecule has 270 valence electrons. The van der Waals surface area contributed by atoms with Crippen LogP contribution in [-0.4, -0.2) is 12.3 Å². The van der Waals surface area contributed by atoms with Gasteiger partial charge in [0.25, 0.3) is 6.71 Å². The summed E-state index contributed by atoms with van der Waals surface area (Å²) in [5, 5.41) is 0. The van der Waals surface area contributed by atoms with Crippen molar-refractivity contribution in [1.29, 1.82) is 0 Å². The summed E-state index contributed by atoms with van der Waals surface area (Å²) in [6.45, 7) is 23.7. The van der Waals surface area contributed by atoms with Crippen LogP contribution in [0.4, 0.5) is 45.5 Å². The molecule has 0 saturated heterocycles. The second kappa shape index (κ2) is 11.6. The highest BCUT2D eigenvalue weighted by molar-refractivity contribution is 7.00. The smallest absolute Gasteiger partial charge is 0.252 e. The van der Waals surface area contributed by atoms with Crippen LogP contribution in [0.15, 0.2) is 133 Å². The first-order valence-electron chi connectivity index (χ1n) is 19.7. The van der Waals surface area contributed by atoms with Gasteiger partial charge in [0.15, 0.2) is 0 Å². The average Bonchev–Trinajstić information content (AvgIpc) is 3.30. The van der Waals surface area contributed by atoms with E-state index in [4.69, 9.17) is 0 Å². The van der Waals surface area contributed by atoms with Crippen LogP contribution >= 0.6 is 0 Å². The van der Waals surface area contributed by atoms with Crippen molar-refractivity contribution in [2.45, 2.75) is 91.0 Å². The van der Waals surface area contributed by atoms with E-state index in [1.807, 2.05) is 0 Å². The molecule has 0 fully saturated rings. The molecule has 4 heteroatoms. The number of nitrogens with zero attached hydrogens (tertiary/aromatic N) is 3. The quantitative estimate of drug-likeness (QED) is 0.169. The van der Waals surface area contributed by atoms with E-state index in [0.717, 1.165) is 17.1 Å². The molecule has 9 rings (SSSR count). The summed E-state index contributed by atoms with van der Waals surface area (Å²) < 4.78 is 0. The fourth-order valence-electron chi connectivity index (χ4n) is 9.32. The fraction of sp³-hybridized carbons (Fsp3) is 0.280. The van der Waals surface area contributed by atoms with E-state index in [1.165, 1.54) is 61.5 Å². The molecule has 3 heterocycles. The highest BCUT2D eigenvalue weighted by Gasteiger charge is 2.57. The Morgan fingerprint density at radius 3 is 1.69 bits per heavy atom. The van der Waals surface area contributed by atoms with Gasteiger partial charge < -0.3 is 14.7 Å². The van der Waals surface area contributed by atoms with Crippen LogP contribution in [-0.2, 0) is 16.2 Å². The van der Waals surface area contributed by atoms with Crippen molar-refractivity contribution in [2.75, 3.05) is 14.7 Å². The molecule has 54 heavy (non-hydrogen) atoms. The standard InChI is InChI=1S/C50H52BN3/c1-47(2,3)33-24-27-37(28-25-33)53-42-29-26-34(48(4,5)6)30-41(42)51-40-23-17-22-39-46(40)54(50(9,10)49(39,7)8)44-32-38(31-43(53)45(44)51)52(35-18-13-11-14-19-35)36-20-15-12-16-21-36/h11-32H,1-10H3. The number of para-hydroxylation sites is 3. The van der Waals surface area contributed by atoms with Crippen molar-refractivity contribution in [1.82, 2.24) is 0 Å². The maximum Gasteiger partial charge on any atom is 0.252 e.